The minimum atomic E-state index is -0.806. The van der Waals surface area contributed by atoms with Gasteiger partial charge in [-0.3, -0.25) is 0 Å². The quantitative estimate of drug-likeness (QED) is 0.760. The van der Waals surface area contributed by atoms with Crippen LogP contribution in [0.25, 0.3) is 0 Å². The highest BCUT2D eigenvalue weighted by Gasteiger charge is 2.23. The molecule has 0 atom stereocenters. The Bertz CT molecular complexity index is 386. The first-order valence-electron chi connectivity index (χ1n) is 6.80. The summed E-state index contributed by atoms with van der Waals surface area (Å²) < 4.78 is 11.2. The fourth-order valence-electron chi connectivity index (χ4n) is 1.70. The van der Waals surface area contributed by atoms with E-state index in [1.54, 1.807) is 18.2 Å². The van der Waals surface area contributed by atoms with Crippen molar-refractivity contribution in [1.82, 2.24) is 0 Å². The highest BCUT2D eigenvalue weighted by molar-refractivity contribution is 5.42. The predicted molar refractivity (Wildman–Crippen MR) is 74.6 cm³/mol. The van der Waals surface area contributed by atoms with E-state index in [0.29, 0.717) is 30.9 Å². The molecule has 19 heavy (non-hydrogen) atoms. The number of rotatable bonds is 8. The zero-order valence-corrected chi connectivity index (χ0v) is 12.0. The minimum absolute atomic E-state index is 0.0335. The molecule has 0 spiro atoms. The number of aliphatic hydroxyl groups is 2. The lowest BCUT2D eigenvalue weighted by Gasteiger charge is -2.25. The van der Waals surface area contributed by atoms with Crippen molar-refractivity contribution in [3.63, 3.8) is 0 Å². The van der Waals surface area contributed by atoms with Gasteiger partial charge in [-0.05, 0) is 37.5 Å². The molecule has 0 aliphatic heterocycles. The van der Waals surface area contributed by atoms with Crippen LogP contribution < -0.4 is 9.47 Å². The molecule has 0 saturated carbocycles. The second-order valence-corrected chi connectivity index (χ2v) is 4.59. The van der Waals surface area contributed by atoms with E-state index in [4.69, 9.17) is 14.6 Å². The van der Waals surface area contributed by atoms with Gasteiger partial charge in [0, 0.05) is 0 Å². The zero-order chi connectivity index (χ0) is 14.3. The fraction of sp³-hybridized carbons (Fsp3) is 0.600. The van der Waals surface area contributed by atoms with E-state index in [-0.39, 0.29) is 13.2 Å². The van der Waals surface area contributed by atoms with Gasteiger partial charge in [-0.1, -0.05) is 19.9 Å². The van der Waals surface area contributed by atoms with Crippen molar-refractivity contribution in [2.75, 3.05) is 13.2 Å². The van der Waals surface area contributed by atoms with Crippen molar-refractivity contribution in [3.8, 4) is 11.5 Å². The number of benzene rings is 1. The first-order valence-corrected chi connectivity index (χ1v) is 6.80. The monoisotopic (exact) mass is 268 g/mol. The largest absolute Gasteiger partial charge is 0.490 e. The van der Waals surface area contributed by atoms with Crippen LogP contribution in [0.3, 0.4) is 0 Å². The molecule has 4 heteroatoms. The van der Waals surface area contributed by atoms with E-state index >= 15 is 0 Å². The first-order chi connectivity index (χ1) is 9.08. The smallest absolute Gasteiger partial charge is 0.161 e. The Kier molecular flexibility index (Phi) is 6.12. The number of hydrogen-bond donors (Lipinski definition) is 2. The molecule has 0 aromatic heterocycles. The average Bonchev–Trinajstić information content (AvgIpc) is 2.45. The Morgan fingerprint density at radius 2 is 1.74 bits per heavy atom. The maximum absolute atomic E-state index is 10.2. The second kappa shape index (κ2) is 7.36. The van der Waals surface area contributed by atoms with Gasteiger partial charge in [0.1, 0.15) is 6.61 Å². The Morgan fingerprint density at radius 1 is 1.05 bits per heavy atom. The van der Waals surface area contributed by atoms with Crippen LogP contribution >= 0.6 is 0 Å². The molecule has 1 rings (SSSR count). The summed E-state index contributed by atoms with van der Waals surface area (Å²) in [7, 11) is 0. The zero-order valence-electron chi connectivity index (χ0n) is 12.0. The summed E-state index contributed by atoms with van der Waals surface area (Å²) in [5.41, 5.74) is -0.0314. The molecular formula is C15H24O4. The van der Waals surface area contributed by atoms with Gasteiger partial charge in [0.05, 0.1) is 18.8 Å². The van der Waals surface area contributed by atoms with Crippen LogP contribution in [-0.4, -0.2) is 29.0 Å². The predicted octanol–water partition coefficient (Wildman–Crippen LogP) is 2.51. The van der Waals surface area contributed by atoms with Gasteiger partial charge in [-0.2, -0.15) is 0 Å². The highest BCUT2D eigenvalue weighted by Crippen LogP contribution is 2.30. The van der Waals surface area contributed by atoms with Crippen LogP contribution in [0.5, 0.6) is 11.5 Å². The van der Waals surface area contributed by atoms with E-state index in [2.05, 4.69) is 0 Å². The summed E-state index contributed by atoms with van der Waals surface area (Å²) in [4.78, 5) is 0. The van der Waals surface area contributed by atoms with Gasteiger partial charge in [0.2, 0.25) is 0 Å². The molecule has 0 radical (unpaired) electrons. The van der Waals surface area contributed by atoms with E-state index in [1.165, 1.54) is 0 Å². The molecule has 0 aliphatic rings. The van der Waals surface area contributed by atoms with E-state index in [9.17, 15) is 5.11 Å². The molecule has 0 amide bonds. The summed E-state index contributed by atoms with van der Waals surface area (Å²) in [6.45, 7) is 6.49. The molecule has 108 valence electrons. The van der Waals surface area contributed by atoms with Crippen LogP contribution in [0.1, 0.15) is 39.2 Å². The maximum atomic E-state index is 10.2. The molecular weight excluding hydrogens is 244 g/mol. The lowest BCUT2D eigenvalue weighted by Crippen LogP contribution is -2.34. The Labute approximate surface area is 115 Å². The highest BCUT2D eigenvalue weighted by atomic mass is 16.5. The summed E-state index contributed by atoms with van der Waals surface area (Å²) in [6.07, 6.45) is 1.28. The summed E-state index contributed by atoms with van der Waals surface area (Å²) in [5.74, 6) is 1.20. The lowest BCUT2D eigenvalue weighted by molar-refractivity contribution is -0.0120. The second-order valence-electron chi connectivity index (χ2n) is 4.59. The summed E-state index contributed by atoms with van der Waals surface area (Å²) in [6, 6.07) is 5.31. The Balaban J connectivity index is 2.82. The third-order valence-corrected chi connectivity index (χ3v) is 3.30. The third kappa shape index (κ3) is 4.40. The van der Waals surface area contributed by atoms with Crippen LogP contribution in [0.2, 0.25) is 0 Å². The normalized spacial score (nSPS) is 11.4. The van der Waals surface area contributed by atoms with Crippen molar-refractivity contribution in [1.29, 1.82) is 0 Å². The molecule has 4 nitrogen and oxygen atoms in total. The standard InChI is InChI=1S/C15H24O4/c1-4-15(17,5-2)11-19-13-8-7-12(10-16)9-14(13)18-6-3/h7-9,16-17H,4-6,10-11H2,1-3H3. The van der Waals surface area contributed by atoms with Gasteiger partial charge in [0.25, 0.3) is 0 Å². The van der Waals surface area contributed by atoms with Gasteiger partial charge in [-0.25, -0.2) is 0 Å². The number of hydrogen-bond acceptors (Lipinski definition) is 4. The van der Waals surface area contributed by atoms with Crippen molar-refractivity contribution in [3.05, 3.63) is 23.8 Å². The van der Waals surface area contributed by atoms with Gasteiger partial charge < -0.3 is 19.7 Å². The topological polar surface area (TPSA) is 58.9 Å². The Morgan fingerprint density at radius 3 is 2.26 bits per heavy atom. The molecule has 0 aliphatic carbocycles. The average molecular weight is 268 g/mol. The number of ether oxygens (including phenoxy) is 2. The van der Waals surface area contributed by atoms with E-state index in [0.717, 1.165) is 5.56 Å². The molecule has 1 aromatic rings. The van der Waals surface area contributed by atoms with Crippen molar-refractivity contribution in [2.45, 2.75) is 45.8 Å². The van der Waals surface area contributed by atoms with E-state index < -0.39 is 5.60 Å². The molecule has 2 N–H and O–H groups in total. The van der Waals surface area contributed by atoms with Crippen LogP contribution in [-0.2, 0) is 6.61 Å². The summed E-state index contributed by atoms with van der Waals surface area (Å²) >= 11 is 0. The molecule has 1 aromatic carbocycles. The lowest BCUT2D eigenvalue weighted by atomic mass is 9.99. The maximum Gasteiger partial charge on any atom is 0.161 e. The Hall–Kier alpha value is -1.26. The van der Waals surface area contributed by atoms with Gasteiger partial charge in [0.15, 0.2) is 11.5 Å². The van der Waals surface area contributed by atoms with Crippen molar-refractivity contribution in [2.24, 2.45) is 0 Å². The van der Waals surface area contributed by atoms with Crippen molar-refractivity contribution < 1.29 is 19.7 Å². The van der Waals surface area contributed by atoms with Gasteiger partial charge in [-0.15, -0.1) is 0 Å². The molecule has 0 unspecified atom stereocenters. The van der Waals surface area contributed by atoms with Crippen LogP contribution in [0.4, 0.5) is 0 Å². The summed E-state index contributed by atoms with van der Waals surface area (Å²) in [5, 5.41) is 19.3. The van der Waals surface area contributed by atoms with Crippen molar-refractivity contribution >= 4 is 0 Å². The van der Waals surface area contributed by atoms with Crippen LogP contribution in [0, 0.1) is 0 Å². The molecule has 0 saturated heterocycles. The molecule has 0 bridgehead atoms. The third-order valence-electron chi connectivity index (χ3n) is 3.30. The van der Waals surface area contributed by atoms with Crippen LogP contribution in [0.15, 0.2) is 18.2 Å². The first kappa shape index (κ1) is 15.8. The van der Waals surface area contributed by atoms with Gasteiger partial charge >= 0.3 is 0 Å². The number of aliphatic hydroxyl groups excluding tert-OH is 1. The molecule has 0 fully saturated rings. The SMILES string of the molecule is CCOc1cc(CO)ccc1OCC(O)(CC)CC. The minimum Gasteiger partial charge on any atom is -0.490 e. The molecule has 0 heterocycles. The fourth-order valence-corrected chi connectivity index (χ4v) is 1.70. The van der Waals surface area contributed by atoms with E-state index in [1.807, 2.05) is 20.8 Å².